The van der Waals surface area contributed by atoms with Crippen molar-refractivity contribution < 1.29 is 14.3 Å². The van der Waals surface area contributed by atoms with Gasteiger partial charge < -0.3 is 14.4 Å². The van der Waals surface area contributed by atoms with Crippen LogP contribution in [0.2, 0.25) is 5.15 Å². The van der Waals surface area contributed by atoms with Crippen molar-refractivity contribution in [2.24, 2.45) is 5.41 Å². The maximum Gasteiger partial charge on any atom is 0.410 e. The highest BCUT2D eigenvalue weighted by Crippen LogP contribution is 2.53. The molecule has 1 atom stereocenters. The zero-order chi connectivity index (χ0) is 16.7. The standard InChI is InChI=1S/C16H22ClN3O3/c1-15(2,3)23-14(21)20-7-4-11(16(10-20)5-6-16)22-13-9-18-8-12(17)19-13/h8-9,11H,4-7,10H2,1-3H3. The molecule has 1 aliphatic carbocycles. The number of ether oxygens (including phenoxy) is 2. The van der Waals surface area contributed by atoms with E-state index in [0.29, 0.717) is 24.1 Å². The van der Waals surface area contributed by atoms with Crippen molar-refractivity contribution >= 4 is 17.7 Å². The van der Waals surface area contributed by atoms with Crippen LogP contribution in [-0.2, 0) is 4.74 Å². The van der Waals surface area contributed by atoms with Crippen LogP contribution in [0, 0.1) is 5.41 Å². The summed E-state index contributed by atoms with van der Waals surface area (Å²) in [6.45, 7) is 6.93. The fraction of sp³-hybridized carbons (Fsp3) is 0.688. The monoisotopic (exact) mass is 339 g/mol. The summed E-state index contributed by atoms with van der Waals surface area (Å²) in [6, 6.07) is 0. The smallest absolute Gasteiger partial charge is 0.410 e. The van der Waals surface area contributed by atoms with Gasteiger partial charge in [0, 0.05) is 24.9 Å². The molecule has 1 spiro atoms. The predicted molar refractivity (Wildman–Crippen MR) is 85.5 cm³/mol. The third kappa shape index (κ3) is 3.86. The first-order chi connectivity index (χ1) is 10.8. The number of halogens is 1. The Balaban J connectivity index is 1.64. The third-order valence-electron chi connectivity index (χ3n) is 4.24. The zero-order valence-corrected chi connectivity index (χ0v) is 14.5. The van der Waals surface area contributed by atoms with Crippen LogP contribution in [0.1, 0.15) is 40.0 Å². The van der Waals surface area contributed by atoms with Gasteiger partial charge in [0.15, 0.2) is 5.15 Å². The van der Waals surface area contributed by atoms with E-state index in [2.05, 4.69) is 9.97 Å². The van der Waals surface area contributed by atoms with Gasteiger partial charge >= 0.3 is 6.09 Å². The van der Waals surface area contributed by atoms with Gasteiger partial charge in [0.05, 0.1) is 12.4 Å². The second-order valence-corrected chi connectivity index (χ2v) is 7.73. The van der Waals surface area contributed by atoms with E-state index < -0.39 is 5.60 Å². The topological polar surface area (TPSA) is 64.5 Å². The fourth-order valence-electron chi connectivity index (χ4n) is 2.98. The Labute approximate surface area is 141 Å². The summed E-state index contributed by atoms with van der Waals surface area (Å²) in [4.78, 5) is 22.2. The normalized spacial score (nSPS) is 22.8. The van der Waals surface area contributed by atoms with Crippen LogP contribution in [0.15, 0.2) is 12.4 Å². The Bertz CT molecular complexity index is 598. The molecule has 2 aliphatic rings. The Morgan fingerprint density at radius 3 is 2.74 bits per heavy atom. The van der Waals surface area contributed by atoms with Crippen molar-refractivity contribution in [2.45, 2.75) is 51.7 Å². The van der Waals surface area contributed by atoms with E-state index in [1.807, 2.05) is 20.8 Å². The molecule has 23 heavy (non-hydrogen) atoms. The van der Waals surface area contributed by atoms with Crippen molar-refractivity contribution in [3.05, 3.63) is 17.5 Å². The molecule has 1 saturated carbocycles. The van der Waals surface area contributed by atoms with Gasteiger partial charge in [-0.1, -0.05) is 11.6 Å². The second kappa shape index (κ2) is 5.82. The fourth-order valence-corrected chi connectivity index (χ4v) is 3.11. The Morgan fingerprint density at radius 1 is 1.39 bits per heavy atom. The van der Waals surface area contributed by atoms with Crippen LogP contribution in [0.5, 0.6) is 5.88 Å². The molecular weight excluding hydrogens is 318 g/mol. The van der Waals surface area contributed by atoms with Crippen LogP contribution < -0.4 is 4.74 Å². The number of carbonyl (C=O) groups excluding carboxylic acids is 1. The van der Waals surface area contributed by atoms with Crippen LogP contribution >= 0.6 is 11.6 Å². The van der Waals surface area contributed by atoms with Crippen LogP contribution in [-0.4, -0.2) is 45.8 Å². The second-order valence-electron chi connectivity index (χ2n) is 7.34. The molecule has 1 saturated heterocycles. The van der Waals surface area contributed by atoms with Gasteiger partial charge in [0.2, 0.25) is 5.88 Å². The Morgan fingerprint density at radius 2 is 2.13 bits per heavy atom. The number of nitrogens with zero attached hydrogens (tertiary/aromatic N) is 3. The maximum absolute atomic E-state index is 12.3. The maximum atomic E-state index is 12.3. The lowest BCUT2D eigenvalue weighted by molar-refractivity contribution is -0.00959. The predicted octanol–water partition coefficient (Wildman–Crippen LogP) is 3.30. The SMILES string of the molecule is CC(C)(C)OC(=O)N1CCC(Oc2cncc(Cl)n2)C2(CC2)C1. The number of carbonyl (C=O) groups is 1. The van der Waals surface area contributed by atoms with Crippen molar-refractivity contribution in [1.82, 2.24) is 14.9 Å². The Kier molecular flexibility index (Phi) is 4.12. The summed E-state index contributed by atoms with van der Waals surface area (Å²) in [5, 5.41) is 0.318. The largest absolute Gasteiger partial charge is 0.472 e. The van der Waals surface area contributed by atoms with E-state index in [1.165, 1.54) is 6.20 Å². The lowest BCUT2D eigenvalue weighted by Crippen LogP contribution is -2.50. The average molecular weight is 340 g/mol. The van der Waals surface area contributed by atoms with E-state index in [9.17, 15) is 4.79 Å². The molecule has 1 aromatic rings. The van der Waals surface area contributed by atoms with E-state index in [-0.39, 0.29) is 17.6 Å². The molecule has 7 heteroatoms. The van der Waals surface area contributed by atoms with Gasteiger partial charge in [0.1, 0.15) is 11.7 Å². The summed E-state index contributed by atoms with van der Waals surface area (Å²) in [7, 11) is 0. The van der Waals surface area contributed by atoms with Gasteiger partial charge in [-0.2, -0.15) is 4.98 Å². The number of amides is 1. The number of rotatable bonds is 2. The van der Waals surface area contributed by atoms with Crippen molar-refractivity contribution in [3.63, 3.8) is 0 Å². The number of hydrogen-bond donors (Lipinski definition) is 0. The summed E-state index contributed by atoms with van der Waals surface area (Å²) < 4.78 is 11.5. The van der Waals surface area contributed by atoms with Gasteiger partial charge in [-0.05, 0) is 33.6 Å². The van der Waals surface area contributed by atoms with E-state index in [4.69, 9.17) is 21.1 Å². The van der Waals surface area contributed by atoms with Crippen molar-refractivity contribution in [1.29, 1.82) is 0 Å². The molecule has 1 aliphatic heterocycles. The van der Waals surface area contributed by atoms with Gasteiger partial charge in [0.25, 0.3) is 0 Å². The molecule has 1 aromatic heterocycles. The quantitative estimate of drug-likeness (QED) is 0.827. The minimum atomic E-state index is -0.475. The molecule has 2 fully saturated rings. The first kappa shape index (κ1) is 16.3. The minimum Gasteiger partial charge on any atom is -0.472 e. The first-order valence-electron chi connectivity index (χ1n) is 7.90. The number of hydrogen-bond acceptors (Lipinski definition) is 5. The molecule has 1 amide bonds. The lowest BCUT2D eigenvalue weighted by atomic mass is 9.91. The highest BCUT2D eigenvalue weighted by Gasteiger charge is 2.55. The van der Waals surface area contributed by atoms with E-state index >= 15 is 0 Å². The van der Waals surface area contributed by atoms with Crippen LogP contribution in [0.4, 0.5) is 4.79 Å². The molecule has 0 bridgehead atoms. The molecule has 6 nitrogen and oxygen atoms in total. The summed E-state index contributed by atoms with van der Waals surface area (Å²) in [6.07, 6.45) is 5.69. The zero-order valence-electron chi connectivity index (χ0n) is 13.7. The molecule has 0 radical (unpaired) electrons. The lowest BCUT2D eigenvalue weighted by Gasteiger charge is -2.39. The molecule has 3 rings (SSSR count). The highest BCUT2D eigenvalue weighted by atomic mass is 35.5. The van der Waals surface area contributed by atoms with Gasteiger partial charge in [-0.15, -0.1) is 0 Å². The minimum absolute atomic E-state index is 0.0130. The number of piperidine rings is 1. The third-order valence-corrected chi connectivity index (χ3v) is 4.42. The molecule has 0 aromatic carbocycles. The van der Waals surface area contributed by atoms with Crippen molar-refractivity contribution in [2.75, 3.05) is 13.1 Å². The van der Waals surface area contributed by atoms with Gasteiger partial charge in [-0.3, -0.25) is 4.98 Å². The molecular formula is C16H22ClN3O3. The molecule has 1 unspecified atom stereocenters. The first-order valence-corrected chi connectivity index (χ1v) is 8.27. The summed E-state index contributed by atoms with van der Waals surface area (Å²) in [5.41, 5.74) is -0.462. The number of aromatic nitrogens is 2. The van der Waals surface area contributed by atoms with Crippen LogP contribution in [0.25, 0.3) is 0 Å². The molecule has 0 N–H and O–H groups in total. The summed E-state index contributed by atoms with van der Waals surface area (Å²) >= 11 is 5.85. The Hall–Kier alpha value is -1.56. The van der Waals surface area contributed by atoms with E-state index in [1.54, 1.807) is 11.1 Å². The average Bonchev–Trinajstić information content (AvgIpc) is 3.20. The van der Waals surface area contributed by atoms with Crippen LogP contribution in [0.3, 0.4) is 0 Å². The molecule has 126 valence electrons. The number of likely N-dealkylation sites (tertiary alicyclic amines) is 1. The summed E-state index contributed by atoms with van der Waals surface area (Å²) in [5.74, 6) is 0.444. The van der Waals surface area contributed by atoms with Crippen molar-refractivity contribution in [3.8, 4) is 5.88 Å². The van der Waals surface area contributed by atoms with E-state index in [0.717, 1.165) is 19.3 Å². The highest BCUT2D eigenvalue weighted by molar-refractivity contribution is 6.29. The molecule has 2 heterocycles. The van der Waals surface area contributed by atoms with Gasteiger partial charge in [-0.25, -0.2) is 4.79 Å².